The molecule has 22 heavy (non-hydrogen) atoms. The fraction of sp³-hybridized carbons (Fsp3) is 0.312. The van der Waals surface area contributed by atoms with Crippen molar-refractivity contribution in [3.63, 3.8) is 0 Å². The molecule has 4 atom stereocenters. The number of hydrazine groups is 1. The molecule has 2 bridgehead atoms. The van der Waals surface area contributed by atoms with E-state index >= 15 is 0 Å². The number of allylic oxidation sites excluding steroid dienone is 2. The lowest BCUT2D eigenvalue weighted by Crippen LogP contribution is -2.47. The average molecular weight is 317 g/mol. The molecule has 6 heteroatoms. The van der Waals surface area contributed by atoms with E-state index in [9.17, 15) is 14.4 Å². The van der Waals surface area contributed by atoms with Crippen LogP contribution in [0.2, 0.25) is 5.02 Å². The van der Waals surface area contributed by atoms with Gasteiger partial charge in [-0.1, -0.05) is 35.9 Å². The topological polar surface area (TPSA) is 66.5 Å². The molecule has 1 N–H and O–H groups in total. The molecule has 3 amide bonds. The average Bonchev–Trinajstić information content (AvgIpc) is 3.17. The van der Waals surface area contributed by atoms with Gasteiger partial charge in [0, 0.05) is 0 Å². The van der Waals surface area contributed by atoms with Crippen LogP contribution in [0.1, 0.15) is 16.8 Å². The van der Waals surface area contributed by atoms with Crippen LogP contribution in [0.25, 0.3) is 0 Å². The smallest absolute Gasteiger partial charge is 0.271 e. The number of fused-ring (bicyclic) bond motifs is 5. The number of hydrogen-bond donors (Lipinski definition) is 1. The minimum Gasteiger partial charge on any atom is -0.272 e. The normalized spacial score (nSPS) is 31.8. The number of amides is 3. The van der Waals surface area contributed by atoms with Crippen molar-refractivity contribution in [3.05, 3.63) is 47.0 Å². The molecular weight excluding hydrogens is 304 g/mol. The van der Waals surface area contributed by atoms with Crippen LogP contribution in [-0.2, 0) is 9.59 Å². The first kappa shape index (κ1) is 13.5. The van der Waals surface area contributed by atoms with Gasteiger partial charge in [-0.15, -0.1) is 0 Å². The van der Waals surface area contributed by atoms with Crippen molar-refractivity contribution in [2.24, 2.45) is 23.7 Å². The van der Waals surface area contributed by atoms with Crippen LogP contribution in [0.15, 0.2) is 36.4 Å². The Morgan fingerprint density at radius 2 is 1.68 bits per heavy atom. The van der Waals surface area contributed by atoms with Crippen molar-refractivity contribution in [2.45, 2.75) is 6.42 Å². The molecule has 2 fully saturated rings. The zero-order valence-electron chi connectivity index (χ0n) is 11.5. The summed E-state index contributed by atoms with van der Waals surface area (Å²) < 4.78 is 0. The molecule has 0 unspecified atom stereocenters. The summed E-state index contributed by atoms with van der Waals surface area (Å²) in [5.41, 5.74) is 2.65. The molecule has 2 aliphatic carbocycles. The van der Waals surface area contributed by atoms with E-state index in [1.54, 1.807) is 24.3 Å². The number of rotatable bonds is 2. The van der Waals surface area contributed by atoms with Gasteiger partial charge in [0.2, 0.25) is 0 Å². The number of carbonyl (C=O) groups is 3. The second-order valence-corrected chi connectivity index (χ2v) is 6.34. The first-order valence-corrected chi connectivity index (χ1v) is 7.57. The fourth-order valence-electron chi connectivity index (χ4n) is 3.82. The van der Waals surface area contributed by atoms with Gasteiger partial charge < -0.3 is 0 Å². The van der Waals surface area contributed by atoms with Crippen LogP contribution in [0.5, 0.6) is 0 Å². The van der Waals surface area contributed by atoms with Crippen LogP contribution in [-0.4, -0.2) is 22.7 Å². The first-order valence-electron chi connectivity index (χ1n) is 7.19. The van der Waals surface area contributed by atoms with Gasteiger partial charge in [-0.25, -0.2) is 0 Å². The minimum atomic E-state index is -0.549. The molecule has 1 aromatic rings. The number of halogens is 1. The Kier molecular flexibility index (Phi) is 2.87. The number of hydrogen-bond acceptors (Lipinski definition) is 3. The fourth-order valence-corrected chi connectivity index (χ4v) is 4.04. The molecule has 1 aromatic carbocycles. The highest BCUT2D eigenvalue weighted by Crippen LogP contribution is 2.52. The lowest BCUT2D eigenvalue weighted by Gasteiger charge is -2.18. The Labute approximate surface area is 131 Å². The Morgan fingerprint density at radius 3 is 2.27 bits per heavy atom. The van der Waals surface area contributed by atoms with Gasteiger partial charge in [-0.05, 0) is 30.4 Å². The molecule has 1 aliphatic heterocycles. The summed E-state index contributed by atoms with van der Waals surface area (Å²) in [6.45, 7) is 0. The lowest BCUT2D eigenvalue weighted by molar-refractivity contribution is -0.143. The van der Waals surface area contributed by atoms with Crippen LogP contribution in [0.4, 0.5) is 0 Å². The Hall–Kier alpha value is -2.14. The molecule has 0 spiro atoms. The maximum absolute atomic E-state index is 12.5. The lowest BCUT2D eigenvalue weighted by atomic mass is 9.85. The van der Waals surface area contributed by atoms with Crippen molar-refractivity contribution in [1.82, 2.24) is 10.4 Å². The van der Waals surface area contributed by atoms with Gasteiger partial charge in [0.15, 0.2) is 0 Å². The monoisotopic (exact) mass is 316 g/mol. The maximum atomic E-state index is 12.5. The summed E-state index contributed by atoms with van der Waals surface area (Å²) in [6.07, 6.45) is 4.88. The van der Waals surface area contributed by atoms with E-state index in [0.29, 0.717) is 0 Å². The van der Waals surface area contributed by atoms with Gasteiger partial charge in [0.1, 0.15) is 0 Å². The summed E-state index contributed by atoms with van der Waals surface area (Å²) >= 11 is 5.97. The molecule has 1 saturated heterocycles. The number of nitrogens with zero attached hydrogens (tertiary/aromatic N) is 1. The number of benzene rings is 1. The standard InChI is InChI=1S/C16H13ClN2O3/c17-11-4-2-1-3-10(11)14(20)18-19-15(21)12-8-5-6-9(7-8)13(12)16(19)22/h1-6,8-9,12-13H,7H2,(H,18,20)/t8-,9-,12-,13-/m0/s1. The molecule has 0 aromatic heterocycles. The molecule has 1 heterocycles. The van der Waals surface area contributed by atoms with Gasteiger partial charge in [-0.3, -0.25) is 19.8 Å². The molecular formula is C16H13ClN2O3. The predicted molar refractivity (Wildman–Crippen MR) is 78.5 cm³/mol. The van der Waals surface area contributed by atoms with E-state index in [1.807, 2.05) is 12.2 Å². The van der Waals surface area contributed by atoms with Gasteiger partial charge in [0.25, 0.3) is 17.7 Å². The van der Waals surface area contributed by atoms with Crippen LogP contribution in [0.3, 0.4) is 0 Å². The zero-order chi connectivity index (χ0) is 15.4. The summed E-state index contributed by atoms with van der Waals surface area (Å²) in [4.78, 5) is 37.2. The van der Waals surface area contributed by atoms with Crippen molar-refractivity contribution in [1.29, 1.82) is 0 Å². The highest BCUT2D eigenvalue weighted by molar-refractivity contribution is 6.33. The van der Waals surface area contributed by atoms with Crippen molar-refractivity contribution >= 4 is 29.3 Å². The molecule has 1 saturated carbocycles. The summed E-state index contributed by atoms with van der Waals surface area (Å²) in [6, 6.07) is 6.52. The molecule has 5 nitrogen and oxygen atoms in total. The molecule has 0 radical (unpaired) electrons. The van der Waals surface area contributed by atoms with Gasteiger partial charge in [-0.2, -0.15) is 5.01 Å². The predicted octanol–water partition coefficient (Wildman–Crippen LogP) is 1.79. The summed E-state index contributed by atoms with van der Waals surface area (Å²) in [5.74, 6) is -1.59. The number of nitrogens with one attached hydrogen (secondary N) is 1. The minimum absolute atomic E-state index is 0.119. The van der Waals surface area contributed by atoms with E-state index in [0.717, 1.165) is 11.4 Å². The Balaban J connectivity index is 1.58. The largest absolute Gasteiger partial charge is 0.272 e. The van der Waals surface area contributed by atoms with Crippen molar-refractivity contribution in [3.8, 4) is 0 Å². The molecule has 3 aliphatic rings. The highest BCUT2D eigenvalue weighted by Gasteiger charge is 2.59. The third kappa shape index (κ3) is 1.75. The first-order chi connectivity index (χ1) is 10.6. The second-order valence-electron chi connectivity index (χ2n) is 5.93. The van der Waals surface area contributed by atoms with Crippen LogP contribution >= 0.6 is 11.6 Å². The Bertz CT molecular complexity index is 700. The van der Waals surface area contributed by atoms with E-state index in [-0.39, 0.29) is 46.1 Å². The third-order valence-corrected chi connectivity index (χ3v) is 5.13. The van der Waals surface area contributed by atoms with Gasteiger partial charge >= 0.3 is 0 Å². The summed E-state index contributed by atoms with van der Waals surface area (Å²) in [7, 11) is 0. The van der Waals surface area contributed by atoms with Crippen molar-refractivity contribution in [2.75, 3.05) is 0 Å². The van der Waals surface area contributed by atoms with Crippen LogP contribution in [0, 0.1) is 23.7 Å². The molecule has 112 valence electrons. The Morgan fingerprint density at radius 1 is 1.09 bits per heavy atom. The number of carbonyl (C=O) groups excluding carboxylic acids is 3. The SMILES string of the molecule is O=C(NN1C(=O)[C@@H]2[C@@H](C1=O)[C@H]1C=C[C@H]2C1)c1ccccc1Cl. The quantitative estimate of drug-likeness (QED) is 0.668. The van der Waals surface area contributed by atoms with E-state index in [4.69, 9.17) is 11.6 Å². The van der Waals surface area contributed by atoms with E-state index in [1.165, 1.54) is 0 Å². The second kappa shape index (κ2) is 4.68. The maximum Gasteiger partial charge on any atom is 0.271 e. The van der Waals surface area contributed by atoms with E-state index < -0.39 is 5.91 Å². The molecule has 4 rings (SSSR count). The third-order valence-electron chi connectivity index (χ3n) is 4.80. The van der Waals surface area contributed by atoms with E-state index in [2.05, 4.69) is 5.43 Å². The zero-order valence-corrected chi connectivity index (χ0v) is 12.3. The van der Waals surface area contributed by atoms with Crippen LogP contribution < -0.4 is 5.43 Å². The van der Waals surface area contributed by atoms with Crippen molar-refractivity contribution < 1.29 is 14.4 Å². The summed E-state index contributed by atoms with van der Waals surface area (Å²) in [5, 5.41) is 1.16. The highest BCUT2D eigenvalue weighted by atomic mass is 35.5. The number of imide groups is 1. The van der Waals surface area contributed by atoms with Gasteiger partial charge in [0.05, 0.1) is 22.4 Å².